The molecule has 1 aliphatic carbocycles. The van der Waals surface area contributed by atoms with Crippen molar-refractivity contribution in [1.82, 2.24) is 0 Å². The number of halogens is 2. The van der Waals surface area contributed by atoms with Gasteiger partial charge in [0.2, 0.25) is 0 Å². The molecule has 1 heterocycles. The molecular formula is C16H20BrClO2. The minimum atomic E-state index is -0.899. The molecule has 1 aromatic carbocycles. The second-order valence-electron chi connectivity index (χ2n) is 6.35. The first kappa shape index (κ1) is 14.8. The van der Waals surface area contributed by atoms with Crippen LogP contribution in [0.15, 0.2) is 22.7 Å². The molecule has 0 amide bonds. The van der Waals surface area contributed by atoms with Crippen LogP contribution in [0, 0.1) is 5.92 Å². The first-order chi connectivity index (χ1) is 9.43. The van der Waals surface area contributed by atoms with E-state index in [9.17, 15) is 5.11 Å². The predicted octanol–water partition coefficient (Wildman–Crippen LogP) is 4.66. The highest BCUT2D eigenvalue weighted by atomic mass is 79.9. The highest BCUT2D eigenvalue weighted by Crippen LogP contribution is 2.49. The number of hydrogen-bond acceptors (Lipinski definition) is 2. The molecule has 110 valence electrons. The van der Waals surface area contributed by atoms with Gasteiger partial charge in [-0.15, -0.1) is 0 Å². The van der Waals surface area contributed by atoms with Gasteiger partial charge in [-0.1, -0.05) is 33.6 Å². The third-order valence-electron chi connectivity index (χ3n) is 5.03. The summed E-state index contributed by atoms with van der Waals surface area (Å²) in [5, 5.41) is 11.7. The molecule has 1 saturated carbocycles. The summed E-state index contributed by atoms with van der Waals surface area (Å²) in [7, 11) is 0. The van der Waals surface area contributed by atoms with Gasteiger partial charge >= 0.3 is 0 Å². The topological polar surface area (TPSA) is 29.5 Å². The van der Waals surface area contributed by atoms with Gasteiger partial charge in [-0.2, -0.15) is 0 Å². The molecular weight excluding hydrogens is 340 g/mol. The standard InChI is InChI=1S/C16H20BrClO2/c1-15(19,13-4-3-12(17)9-14(13)18)11-5-8-20-16(10-11)6-2-7-16/h3-4,9,11,19H,2,5-8,10H2,1H3. The maximum absolute atomic E-state index is 11.1. The monoisotopic (exact) mass is 358 g/mol. The smallest absolute Gasteiger partial charge is 0.0912 e. The quantitative estimate of drug-likeness (QED) is 0.832. The molecule has 1 aliphatic heterocycles. The van der Waals surface area contributed by atoms with Crippen molar-refractivity contribution < 1.29 is 9.84 Å². The van der Waals surface area contributed by atoms with Crippen LogP contribution in [0.5, 0.6) is 0 Å². The normalized spacial score (nSPS) is 27.9. The van der Waals surface area contributed by atoms with Crippen molar-refractivity contribution >= 4 is 27.5 Å². The average molecular weight is 360 g/mol. The minimum Gasteiger partial charge on any atom is -0.385 e. The Bertz CT molecular complexity index is 511. The first-order valence-electron chi connectivity index (χ1n) is 7.25. The van der Waals surface area contributed by atoms with E-state index in [1.165, 1.54) is 6.42 Å². The van der Waals surface area contributed by atoms with Crippen LogP contribution >= 0.6 is 27.5 Å². The number of ether oxygens (including phenoxy) is 1. The number of hydrogen-bond donors (Lipinski definition) is 1. The van der Waals surface area contributed by atoms with E-state index in [1.807, 2.05) is 25.1 Å². The van der Waals surface area contributed by atoms with Crippen molar-refractivity contribution in [3.8, 4) is 0 Å². The fourth-order valence-electron chi connectivity index (χ4n) is 3.55. The van der Waals surface area contributed by atoms with Gasteiger partial charge in [-0.05, 0) is 57.1 Å². The van der Waals surface area contributed by atoms with E-state index in [1.54, 1.807) is 0 Å². The van der Waals surface area contributed by atoms with E-state index >= 15 is 0 Å². The Balaban J connectivity index is 1.86. The lowest BCUT2D eigenvalue weighted by Gasteiger charge is -2.50. The van der Waals surface area contributed by atoms with Gasteiger partial charge in [-0.25, -0.2) is 0 Å². The summed E-state index contributed by atoms with van der Waals surface area (Å²) in [5.74, 6) is 0.204. The van der Waals surface area contributed by atoms with E-state index in [0.29, 0.717) is 5.02 Å². The van der Waals surface area contributed by atoms with Crippen molar-refractivity contribution in [3.05, 3.63) is 33.3 Å². The van der Waals surface area contributed by atoms with E-state index < -0.39 is 5.60 Å². The highest BCUT2D eigenvalue weighted by Gasteiger charge is 2.48. The third-order valence-corrected chi connectivity index (χ3v) is 5.84. The molecule has 1 saturated heterocycles. The van der Waals surface area contributed by atoms with Gasteiger partial charge in [0.1, 0.15) is 0 Å². The molecule has 1 aromatic rings. The molecule has 2 aliphatic rings. The molecule has 2 fully saturated rings. The summed E-state index contributed by atoms with van der Waals surface area (Å²) >= 11 is 9.74. The largest absolute Gasteiger partial charge is 0.385 e. The molecule has 4 heteroatoms. The Morgan fingerprint density at radius 3 is 2.80 bits per heavy atom. The lowest BCUT2D eigenvalue weighted by atomic mass is 9.67. The van der Waals surface area contributed by atoms with Gasteiger partial charge < -0.3 is 9.84 Å². The molecule has 20 heavy (non-hydrogen) atoms. The molecule has 1 spiro atoms. The molecule has 2 atom stereocenters. The van der Waals surface area contributed by atoms with E-state index in [0.717, 1.165) is 42.3 Å². The van der Waals surface area contributed by atoms with Gasteiger partial charge in [0.15, 0.2) is 0 Å². The van der Waals surface area contributed by atoms with Crippen LogP contribution in [0.25, 0.3) is 0 Å². The van der Waals surface area contributed by atoms with Gasteiger partial charge in [0.05, 0.1) is 11.2 Å². The maximum atomic E-state index is 11.1. The average Bonchev–Trinajstić information content (AvgIpc) is 2.36. The van der Waals surface area contributed by atoms with Gasteiger partial charge in [0.25, 0.3) is 0 Å². The Hall–Kier alpha value is -0.0900. The highest BCUT2D eigenvalue weighted by molar-refractivity contribution is 9.10. The summed E-state index contributed by atoms with van der Waals surface area (Å²) in [6, 6.07) is 5.72. The summed E-state index contributed by atoms with van der Waals surface area (Å²) < 4.78 is 6.90. The number of benzene rings is 1. The van der Waals surface area contributed by atoms with Crippen molar-refractivity contribution in [2.75, 3.05) is 6.61 Å². The van der Waals surface area contributed by atoms with Crippen LogP contribution < -0.4 is 0 Å². The SMILES string of the molecule is CC(O)(c1ccc(Br)cc1Cl)C1CCOC2(CCC2)C1. The van der Waals surface area contributed by atoms with Crippen LogP contribution in [0.4, 0.5) is 0 Å². The zero-order valence-electron chi connectivity index (χ0n) is 11.7. The van der Waals surface area contributed by atoms with Crippen molar-refractivity contribution in [3.63, 3.8) is 0 Å². The predicted molar refractivity (Wildman–Crippen MR) is 84.0 cm³/mol. The Kier molecular flexibility index (Phi) is 3.91. The van der Waals surface area contributed by atoms with E-state index in [4.69, 9.17) is 16.3 Å². The molecule has 3 rings (SSSR count). The zero-order chi connectivity index (χ0) is 14.4. The molecule has 0 bridgehead atoms. The van der Waals surface area contributed by atoms with E-state index in [-0.39, 0.29) is 11.5 Å². The Morgan fingerprint density at radius 1 is 1.45 bits per heavy atom. The molecule has 0 radical (unpaired) electrons. The zero-order valence-corrected chi connectivity index (χ0v) is 14.0. The van der Waals surface area contributed by atoms with Crippen LogP contribution in [-0.2, 0) is 10.3 Å². The summed E-state index contributed by atoms with van der Waals surface area (Å²) in [6.45, 7) is 2.64. The molecule has 1 N–H and O–H groups in total. The maximum Gasteiger partial charge on any atom is 0.0912 e. The minimum absolute atomic E-state index is 0.0365. The molecule has 0 aromatic heterocycles. The van der Waals surface area contributed by atoms with Crippen LogP contribution in [0.1, 0.15) is 44.6 Å². The second kappa shape index (κ2) is 5.28. The molecule has 2 unspecified atom stereocenters. The second-order valence-corrected chi connectivity index (χ2v) is 7.67. The van der Waals surface area contributed by atoms with Crippen LogP contribution in [0.3, 0.4) is 0 Å². The summed E-state index contributed by atoms with van der Waals surface area (Å²) in [5.41, 5.74) is -0.0393. The van der Waals surface area contributed by atoms with Crippen molar-refractivity contribution in [1.29, 1.82) is 0 Å². The fourth-order valence-corrected chi connectivity index (χ4v) is 4.41. The number of aliphatic hydroxyl groups is 1. The third kappa shape index (κ3) is 2.54. The van der Waals surface area contributed by atoms with E-state index in [2.05, 4.69) is 15.9 Å². The van der Waals surface area contributed by atoms with Crippen LogP contribution in [-0.4, -0.2) is 17.3 Å². The van der Waals surface area contributed by atoms with Gasteiger partial charge in [0, 0.05) is 21.7 Å². The summed E-state index contributed by atoms with van der Waals surface area (Å²) in [6.07, 6.45) is 5.34. The summed E-state index contributed by atoms with van der Waals surface area (Å²) in [4.78, 5) is 0. The lowest BCUT2D eigenvalue weighted by Crippen LogP contribution is -2.50. The fraction of sp³-hybridized carbons (Fsp3) is 0.625. The first-order valence-corrected chi connectivity index (χ1v) is 8.42. The van der Waals surface area contributed by atoms with Gasteiger partial charge in [-0.3, -0.25) is 0 Å². The molecule has 2 nitrogen and oxygen atoms in total. The number of rotatable bonds is 2. The van der Waals surface area contributed by atoms with Crippen LogP contribution in [0.2, 0.25) is 5.02 Å². The van der Waals surface area contributed by atoms with Crippen molar-refractivity contribution in [2.24, 2.45) is 5.92 Å². The Morgan fingerprint density at radius 2 is 2.20 bits per heavy atom. The van der Waals surface area contributed by atoms with Crippen molar-refractivity contribution in [2.45, 2.75) is 50.2 Å². The Labute approximate surface area is 133 Å². The lowest BCUT2D eigenvalue weighted by molar-refractivity contribution is -0.174.